The molecule has 3 rings (SSSR count). The maximum Gasteiger partial charge on any atom is 0.118 e. The first-order valence-electron chi connectivity index (χ1n) is 7.61. The quantitative estimate of drug-likeness (QED) is 0.782. The van der Waals surface area contributed by atoms with Crippen LogP contribution in [0.2, 0.25) is 0 Å². The van der Waals surface area contributed by atoms with Crippen LogP contribution >= 0.6 is 0 Å². The fraction of sp³-hybridized carbons (Fsp3) is 0.211. The van der Waals surface area contributed by atoms with Crippen molar-refractivity contribution in [2.24, 2.45) is 0 Å². The van der Waals surface area contributed by atoms with Gasteiger partial charge in [0, 0.05) is 17.3 Å². The third-order valence-corrected chi connectivity index (χ3v) is 3.79. The lowest BCUT2D eigenvalue weighted by Gasteiger charge is -2.04. The predicted octanol–water partition coefficient (Wildman–Crippen LogP) is 3.66. The predicted molar refractivity (Wildman–Crippen MR) is 90.4 cm³/mol. The Labute approximate surface area is 136 Å². The molecule has 1 atom stereocenters. The number of aliphatic hydroxyl groups excluding tert-OH is 1. The van der Waals surface area contributed by atoms with Crippen LogP contribution in [0.5, 0.6) is 5.75 Å². The minimum Gasteiger partial charge on any atom is -0.497 e. The van der Waals surface area contributed by atoms with Gasteiger partial charge in [-0.3, -0.25) is 4.68 Å². The minimum absolute atomic E-state index is 0.560. The minimum atomic E-state index is -0.560. The number of ether oxygens (including phenoxy) is 1. The fourth-order valence-corrected chi connectivity index (χ4v) is 2.56. The second-order valence-electron chi connectivity index (χ2n) is 5.52. The number of methoxy groups -OCH3 is 1. The van der Waals surface area contributed by atoms with Crippen LogP contribution in [0.4, 0.5) is 0 Å². The van der Waals surface area contributed by atoms with E-state index in [4.69, 9.17) is 4.74 Å². The van der Waals surface area contributed by atoms with Crippen molar-refractivity contribution >= 4 is 0 Å². The van der Waals surface area contributed by atoms with E-state index in [0.717, 1.165) is 28.1 Å². The summed E-state index contributed by atoms with van der Waals surface area (Å²) in [5.74, 6) is 0.837. The van der Waals surface area contributed by atoms with Crippen LogP contribution < -0.4 is 4.74 Å². The summed E-state index contributed by atoms with van der Waals surface area (Å²) in [5.41, 5.74) is 3.81. The average molecular weight is 308 g/mol. The molecule has 0 aliphatic rings. The fourth-order valence-electron chi connectivity index (χ4n) is 2.56. The molecule has 4 heteroatoms. The Balaban J connectivity index is 1.91. The number of aliphatic hydroxyl groups is 1. The first-order chi connectivity index (χ1) is 11.2. The molecule has 1 unspecified atom stereocenters. The highest BCUT2D eigenvalue weighted by Crippen LogP contribution is 2.27. The van der Waals surface area contributed by atoms with Crippen LogP contribution in [0.1, 0.15) is 24.2 Å². The number of aromatic nitrogens is 2. The smallest absolute Gasteiger partial charge is 0.118 e. The molecule has 2 aromatic carbocycles. The largest absolute Gasteiger partial charge is 0.497 e. The monoisotopic (exact) mass is 308 g/mol. The van der Waals surface area contributed by atoms with Gasteiger partial charge in [0.1, 0.15) is 5.75 Å². The molecule has 1 heterocycles. The van der Waals surface area contributed by atoms with E-state index in [2.05, 4.69) is 5.10 Å². The van der Waals surface area contributed by atoms with Crippen molar-refractivity contribution < 1.29 is 9.84 Å². The van der Waals surface area contributed by atoms with Crippen molar-refractivity contribution in [2.75, 3.05) is 7.11 Å². The van der Waals surface area contributed by atoms with Crippen LogP contribution in [0, 0.1) is 0 Å². The Morgan fingerprint density at radius 2 is 1.78 bits per heavy atom. The topological polar surface area (TPSA) is 47.3 Å². The van der Waals surface area contributed by atoms with Crippen LogP contribution in [0.3, 0.4) is 0 Å². The molecule has 0 aliphatic carbocycles. The van der Waals surface area contributed by atoms with Crippen LogP contribution in [0.15, 0.2) is 60.8 Å². The van der Waals surface area contributed by atoms with E-state index < -0.39 is 6.10 Å². The Morgan fingerprint density at radius 3 is 2.39 bits per heavy atom. The molecule has 118 valence electrons. The maximum absolute atomic E-state index is 10.0. The summed E-state index contributed by atoms with van der Waals surface area (Å²) >= 11 is 0. The summed E-state index contributed by atoms with van der Waals surface area (Å²) in [7, 11) is 1.66. The summed E-state index contributed by atoms with van der Waals surface area (Å²) < 4.78 is 7.04. The van der Waals surface area contributed by atoms with Gasteiger partial charge in [-0.05, 0) is 24.6 Å². The van der Waals surface area contributed by atoms with Crippen LogP contribution in [-0.2, 0) is 6.54 Å². The number of hydrogen-bond acceptors (Lipinski definition) is 3. The SMILES string of the molecule is COc1ccc(Cn2cc(C(C)O)c(-c3ccccc3)n2)cc1. The molecule has 0 bridgehead atoms. The lowest BCUT2D eigenvalue weighted by atomic mass is 10.1. The van der Waals surface area contributed by atoms with Gasteiger partial charge in [-0.25, -0.2) is 0 Å². The van der Waals surface area contributed by atoms with E-state index in [1.54, 1.807) is 14.0 Å². The van der Waals surface area contributed by atoms with Gasteiger partial charge in [0.25, 0.3) is 0 Å². The summed E-state index contributed by atoms with van der Waals surface area (Å²) in [4.78, 5) is 0. The summed E-state index contributed by atoms with van der Waals surface area (Å²) in [5, 5.41) is 14.7. The van der Waals surface area contributed by atoms with Gasteiger partial charge in [0.05, 0.1) is 25.5 Å². The van der Waals surface area contributed by atoms with Gasteiger partial charge >= 0.3 is 0 Å². The van der Waals surface area contributed by atoms with Gasteiger partial charge in [-0.1, -0.05) is 42.5 Å². The first-order valence-corrected chi connectivity index (χ1v) is 7.61. The molecule has 1 aromatic heterocycles. The lowest BCUT2D eigenvalue weighted by Crippen LogP contribution is -2.00. The number of benzene rings is 2. The molecule has 0 aliphatic heterocycles. The molecule has 0 saturated carbocycles. The number of hydrogen-bond donors (Lipinski definition) is 1. The van der Waals surface area contributed by atoms with Gasteiger partial charge in [-0.15, -0.1) is 0 Å². The molecule has 0 radical (unpaired) electrons. The highest BCUT2D eigenvalue weighted by Gasteiger charge is 2.15. The maximum atomic E-state index is 10.0. The molecule has 23 heavy (non-hydrogen) atoms. The molecule has 0 spiro atoms. The lowest BCUT2D eigenvalue weighted by molar-refractivity contribution is 0.199. The van der Waals surface area contributed by atoms with Crippen molar-refractivity contribution in [3.8, 4) is 17.0 Å². The van der Waals surface area contributed by atoms with Crippen molar-refractivity contribution in [3.05, 3.63) is 71.9 Å². The second-order valence-corrected chi connectivity index (χ2v) is 5.52. The van der Waals surface area contributed by atoms with E-state index >= 15 is 0 Å². The van der Waals surface area contributed by atoms with Crippen LogP contribution in [0.25, 0.3) is 11.3 Å². The van der Waals surface area contributed by atoms with Crippen molar-refractivity contribution in [1.29, 1.82) is 0 Å². The normalized spacial score (nSPS) is 12.1. The van der Waals surface area contributed by atoms with Gasteiger partial charge in [0.15, 0.2) is 0 Å². The zero-order chi connectivity index (χ0) is 16.2. The first kappa shape index (κ1) is 15.3. The molecular weight excluding hydrogens is 288 g/mol. The Kier molecular flexibility index (Phi) is 4.44. The standard InChI is InChI=1S/C19H20N2O2/c1-14(22)18-13-21(12-15-8-10-17(23-2)11-9-15)20-19(18)16-6-4-3-5-7-16/h3-11,13-14,22H,12H2,1-2H3. The van der Waals surface area contributed by atoms with E-state index in [0.29, 0.717) is 6.54 Å². The molecule has 1 N–H and O–H groups in total. The summed E-state index contributed by atoms with van der Waals surface area (Å²) in [6.45, 7) is 2.41. The van der Waals surface area contributed by atoms with Crippen LogP contribution in [-0.4, -0.2) is 22.0 Å². The Hall–Kier alpha value is -2.59. The zero-order valence-electron chi connectivity index (χ0n) is 13.3. The third kappa shape index (κ3) is 3.43. The molecule has 4 nitrogen and oxygen atoms in total. The van der Waals surface area contributed by atoms with Gasteiger partial charge < -0.3 is 9.84 Å². The molecule has 3 aromatic rings. The van der Waals surface area contributed by atoms with Gasteiger partial charge in [-0.2, -0.15) is 5.10 Å². The van der Waals surface area contributed by atoms with E-state index in [9.17, 15) is 5.11 Å². The van der Waals surface area contributed by atoms with E-state index in [1.165, 1.54) is 0 Å². The molecule has 0 amide bonds. The zero-order valence-corrected chi connectivity index (χ0v) is 13.3. The number of nitrogens with zero attached hydrogens (tertiary/aromatic N) is 2. The molecular formula is C19H20N2O2. The Bertz CT molecular complexity index is 762. The van der Waals surface area contributed by atoms with Crippen molar-refractivity contribution in [1.82, 2.24) is 9.78 Å². The summed E-state index contributed by atoms with van der Waals surface area (Å²) in [6.07, 6.45) is 1.35. The highest BCUT2D eigenvalue weighted by molar-refractivity contribution is 5.63. The second kappa shape index (κ2) is 6.67. The third-order valence-electron chi connectivity index (χ3n) is 3.79. The Morgan fingerprint density at radius 1 is 1.09 bits per heavy atom. The highest BCUT2D eigenvalue weighted by atomic mass is 16.5. The van der Waals surface area contributed by atoms with E-state index in [-0.39, 0.29) is 0 Å². The average Bonchev–Trinajstić information content (AvgIpc) is 3.00. The van der Waals surface area contributed by atoms with Crippen molar-refractivity contribution in [2.45, 2.75) is 19.6 Å². The summed E-state index contributed by atoms with van der Waals surface area (Å²) in [6, 6.07) is 17.8. The van der Waals surface area contributed by atoms with E-state index in [1.807, 2.05) is 65.5 Å². The van der Waals surface area contributed by atoms with Crippen molar-refractivity contribution in [3.63, 3.8) is 0 Å². The van der Waals surface area contributed by atoms with Gasteiger partial charge in [0.2, 0.25) is 0 Å². The molecule has 0 fully saturated rings. The number of rotatable bonds is 5. The molecule has 0 saturated heterocycles.